The average molecular weight is 755 g/mol. The van der Waals surface area contributed by atoms with Gasteiger partial charge in [0.1, 0.15) is 48.8 Å². The first kappa shape index (κ1) is 39.6. The number of fused-ring (bicyclic) bond motifs is 2. The number of rotatable bonds is 13. The number of esters is 1. The Morgan fingerprint density at radius 1 is 0.981 bits per heavy atom. The van der Waals surface area contributed by atoms with E-state index in [1.165, 1.54) is 6.92 Å². The van der Waals surface area contributed by atoms with Gasteiger partial charge in [-0.05, 0) is 41.8 Å². The van der Waals surface area contributed by atoms with Gasteiger partial charge in [0.15, 0.2) is 12.1 Å². The van der Waals surface area contributed by atoms with E-state index in [0.717, 1.165) is 11.1 Å². The number of aliphatic hydroxyl groups is 6. The van der Waals surface area contributed by atoms with E-state index in [9.17, 15) is 39.9 Å². The van der Waals surface area contributed by atoms with Gasteiger partial charge in [0, 0.05) is 31.4 Å². The zero-order chi connectivity index (χ0) is 38.6. The van der Waals surface area contributed by atoms with Crippen LogP contribution in [-0.4, -0.2) is 142 Å². The molecule has 10 unspecified atom stereocenters. The third kappa shape index (κ3) is 8.74. The largest absolute Gasteiger partial charge is 0.456 e. The Kier molecular flexibility index (Phi) is 12.6. The minimum Gasteiger partial charge on any atom is -0.456 e. The fourth-order valence-corrected chi connectivity index (χ4v) is 7.07. The van der Waals surface area contributed by atoms with E-state index in [1.54, 1.807) is 42.5 Å². The van der Waals surface area contributed by atoms with Gasteiger partial charge in [0.05, 0.1) is 31.5 Å². The van der Waals surface area contributed by atoms with E-state index < -0.39 is 91.3 Å². The molecule has 0 aromatic heterocycles. The van der Waals surface area contributed by atoms with Crippen LogP contribution in [0.3, 0.4) is 0 Å². The molecule has 4 aliphatic rings. The quantitative estimate of drug-likeness (QED) is 0.110. The highest BCUT2D eigenvalue weighted by Crippen LogP contribution is 2.45. The van der Waals surface area contributed by atoms with Gasteiger partial charge in [0.25, 0.3) is 0 Å². The summed E-state index contributed by atoms with van der Waals surface area (Å²) in [6.45, 7) is 0.362. The molecule has 2 heterocycles. The van der Waals surface area contributed by atoms with E-state index in [-0.39, 0.29) is 37.3 Å². The highest BCUT2D eigenvalue weighted by atomic mass is 16.8. The summed E-state index contributed by atoms with van der Waals surface area (Å²) in [6.07, 6.45) is -4.87. The van der Waals surface area contributed by atoms with E-state index >= 15 is 0 Å². The molecule has 6 rings (SSSR count). The monoisotopic (exact) mass is 754 g/mol. The summed E-state index contributed by atoms with van der Waals surface area (Å²) >= 11 is 0. The van der Waals surface area contributed by atoms with Gasteiger partial charge >= 0.3 is 5.97 Å². The lowest BCUT2D eigenvalue weighted by molar-refractivity contribution is -0.298. The first-order valence-corrected chi connectivity index (χ1v) is 17.8. The van der Waals surface area contributed by atoms with E-state index in [0.29, 0.717) is 18.4 Å². The summed E-state index contributed by atoms with van der Waals surface area (Å²) in [7, 11) is 0. The van der Waals surface area contributed by atoms with Crippen molar-refractivity contribution in [1.82, 2.24) is 10.6 Å². The first-order chi connectivity index (χ1) is 25.9. The van der Waals surface area contributed by atoms with E-state index in [4.69, 9.17) is 28.8 Å². The fourth-order valence-electron chi connectivity index (χ4n) is 7.07. The molecule has 2 aromatic rings. The Hall–Kier alpha value is -4.07. The number of amides is 2. The molecule has 2 fully saturated rings. The van der Waals surface area contributed by atoms with Crippen molar-refractivity contribution in [3.63, 3.8) is 0 Å². The number of benzene rings is 2. The van der Waals surface area contributed by atoms with Crippen molar-refractivity contribution in [2.45, 2.75) is 93.1 Å². The zero-order valence-electron chi connectivity index (χ0n) is 29.5. The van der Waals surface area contributed by atoms with Gasteiger partial charge in [-0.1, -0.05) is 48.6 Å². The van der Waals surface area contributed by atoms with Crippen LogP contribution in [0, 0.1) is 0 Å². The molecule has 0 radical (unpaired) electrons. The molecule has 2 aliphatic carbocycles. The van der Waals surface area contributed by atoms with Crippen molar-refractivity contribution in [3.8, 4) is 0 Å². The summed E-state index contributed by atoms with van der Waals surface area (Å²) in [4.78, 5) is 39.7. The van der Waals surface area contributed by atoms with Gasteiger partial charge in [-0.2, -0.15) is 0 Å². The Morgan fingerprint density at radius 2 is 1.69 bits per heavy atom. The Morgan fingerprint density at radius 3 is 2.33 bits per heavy atom. The summed E-state index contributed by atoms with van der Waals surface area (Å²) in [5.41, 5.74) is 3.22. The minimum atomic E-state index is -1.55. The van der Waals surface area contributed by atoms with E-state index in [1.807, 2.05) is 24.3 Å². The SMILES string of the molecule is CC(O)C(NC(=O)C1=CC2OC3(Cc4ccccc4C3)OC2C(OC(=O)c2ccc(C=CCOC3OC(CO)C(O)C(O)C3O)cc2)C1)C(=O)NCCO. The van der Waals surface area contributed by atoms with Crippen molar-refractivity contribution in [1.29, 1.82) is 0 Å². The van der Waals surface area contributed by atoms with Crippen molar-refractivity contribution in [2.75, 3.05) is 26.4 Å². The lowest BCUT2D eigenvalue weighted by atomic mass is 9.91. The number of aliphatic hydroxyl groups excluding tert-OH is 6. The lowest BCUT2D eigenvalue weighted by Gasteiger charge is -2.39. The molecule has 0 saturated carbocycles. The molecule has 54 heavy (non-hydrogen) atoms. The summed E-state index contributed by atoms with van der Waals surface area (Å²) in [6, 6.07) is 13.0. The number of ether oxygens (including phenoxy) is 5. The molecule has 1 spiro atoms. The Bertz CT molecular complexity index is 1690. The second-order valence-electron chi connectivity index (χ2n) is 13.8. The highest BCUT2D eigenvalue weighted by molar-refractivity contribution is 5.97. The molecule has 16 nitrogen and oxygen atoms in total. The smallest absolute Gasteiger partial charge is 0.338 e. The van der Waals surface area contributed by atoms with Crippen LogP contribution in [0.2, 0.25) is 0 Å². The second kappa shape index (κ2) is 17.2. The molecule has 8 N–H and O–H groups in total. The molecule has 2 amide bonds. The van der Waals surface area contributed by atoms with Gasteiger partial charge in [-0.25, -0.2) is 4.79 Å². The maximum absolute atomic E-state index is 13.6. The van der Waals surface area contributed by atoms with Gasteiger partial charge < -0.3 is 65.0 Å². The third-order valence-corrected chi connectivity index (χ3v) is 9.89. The van der Waals surface area contributed by atoms with Gasteiger partial charge in [0.2, 0.25) is 11.8 Å². The maximum Gasteiger partial charge on any atom is 0.338 e. The summed E-state index contributed by atoms with van der Waals surface area (Å²) in [5.74, 6) is -3.04. The number of hydrogen-bond acceptors (Lipinski definition) is 14. The normalized spacial score (nSPS) is 29.6. The predicted octanol–water partition coefficient (Wildman–Crippen LogP) is -1.37. The molecular formula is C38H46N2O14. The number of carbonyl (C=O) groups excluding carboxylic acids is 3. The molecule has 292 valence electrons. The molecular weight excluding hydrogens is 708 g/mol. The molecule has 2 aliphatic heterocycles. The van der Waals surface area contributed by atoms with Crippen molar-refractivity contribution in [3.05, 3.63) is 88.5 Å². The standard InChI is InChI=1S/C38H46N2O14/c1-20(43)29(35(48)39-12-13-41)40-34(47)25-15-26(33-27(16-25)53-38(54-33)17-23-6-2-3-7-24(23)18-38)51-36(49)22-10-8-21(9-11-22)5-4-14-50-37-32(46)31(45)30(44)28(19-42)52-37/h2-11,16,20,26-33,37,41-46H,12-15,17-19H2,1H3,(H,39,48)(H,40,47). The van der Waals surface area contributed by atoms with Crippen LogP contribution in [0.25, 0.3) is 6.08 Å². The Labute approximate surface area is 310 Å². The van der Waals surface area contributed by atoms with Crippen molar-refractivity contribution in [2.24, 2.45) is 0 Å². The van der Waals surface area contributed by atoms with E-state index in [2.05, 4.69) is 10.6 Å². The summed E-state index contributed by atoms with van der Waals surface area (Å²) < 4.78 is 29.8. The van der Waals surface area contributed by atoms with Gasteiger partial charge in [-0.3, -0.25) is 9.59 Å². The fraction of sp³-hybridized carbons (Fsp3) is 0.500. The molecule has 16 heteroatoms. The number of carbonyl (C=O) groups is 3. The van der Waals surface area contributed by atoms with Crippen LogP contribution in [0.5, 0.6) is 0 Å². The highest BCUT2D eigenvalue weighted by Gasteiger charge is 2.55. The Balaban J connectivity index is 1.12. The van der Waals surface area contributed by atoms with Crippen LogP contribution in [0.15, 0.2) is 66.3 Å². The van der Waals surface area contributed by atoms with Crippen LogP contribution in [0.4, 0.5) is 0 Å². The third-order valence-electron chi connectivity index (χ3n) is 9.89. The van der Waals surface area contributed by atoms with Crippen molar-refractivity contribution < 1.29 is 68.7 Å². The van der Waals surface area contributed by atoms with Crippen LogP contribution in [-0.2, 0) is 46.1 Å². The number of hydrogen-bond donors (Lipinski definition) is 8. The lowest BCUT2D eigenvalue weighted by Crippen LogP contribution is -2.59. The second-order valence-corrected chi connectivity index (χ2v) is 13.8. The average Bonchev–Trinajstić information content (AvgIpc) is 3.72. The number of nitrogens with one attached hydrogen (secondary N) is 2. The topological polar surface area (TPSA) is 243 Å². The molecule has 0 bridgehead atoms. The van der Waals surface area contributed by atoms with Crippen LogP contribution >= 0.6 is 0 Å². The van der Waals surface area contributed by atoms with Crippen LogP contribution in [0.1, 0.15) is 40.4 Å². The zero-order valence-corrected chi connectivity index (χ0v) is 29.5. The van der Waals surface area contributed by atoms with Crippen molar-refractivity contribution >= 4 is 23.9 Å². The predicted molar refractivity (Wildman–Crippen MR) is 187 cm³/mol. The molecule has 2 aromatic carbocycles. The van der Waals surface area contributed by atoms with Crippen LogP contribution < -0.4 is 10.6 Å². The molecule has 10 atom stereocenters. The summed E-state index contributed by atoms with van der Waals surface area (Å²) in [5, 5.41) is 63.7. The van der Waals surface area contributed by atoms with Gasteiger partial charge in [-0.15, -0.1) is 0 Å². The maximum atomic E-state index is 13.6. The minimum absolute atomic E-state index is 0.0416. The first-order valence-electron chi connectivity index (χ1n) is 17.8. The molecule has 2 saturated heterocycles.